The van der Waals surface area contributed by atoms with Gasteiger partial charge in [0.2, 0.25) is 0 Å². The van der Waals surface area contributed by atoms with E-state index in [2.05, 4.69) is 89.0 Å². The Morgan fingerprint density at radius 2 is 1.74 bits per heavy atom. The molecule has 1 aliphatic rings. The maximum atomic E-state index is 13.8. The number of hydrogen-bond acceptors (Lipinski definition) is 3. The van der Waals surface area contributed by atoms with E-state index >= 15 is 0 Å². The van der Waals surface area contributed by atoms with Crippen molar-refractivity contribution in [1.29, 1.82) is 0 Å². The molecule has 0 aliphatic carbocycles. The number of piperidine rings is 1. The Balaban J connectivity index is 1.62. The highest BCUT2D eigenvalue weighted by atomic mass is 16.2. The van der Waals surface area contributed by atoms with E-state index in [1.807, 2.05) is 11.1 Å². The van der Waals surface area contributed by atoms with Gasteiger partial charge in [0, 0.05) is 47.6 Å². The number of nitrogens with zero attached hydrogens (tertiary/aromatic N) is 3. The molecular formula is C29H38N4O. The summed E-state index contributed by atoms with van der Waals surface area (Å²) in [6, 6.07) is 10.7. The lowest BCUT2D eigenvalue weighted by Crippen LogP contribution is -2.40. The van der Waals surface area contributed by atoms with Gasteiger partial charge in [-0.3, -0.25) is 14.9 Å². The molecule has 0 bridgehead atoms. The molecule has 0 spiro atoms. The molecule has 1 aliphatic heterocycles. The number of aromatic nitrogens is 3. The smallest absolute Gasteiger partial charge is 0.255 e. The Hall–Kier alpha value is -2.95. The van der Waals surface area contributed by atoms with Crippen LogP contribution in [0.4, 0.5) is 0 Å². The number of benzene rings is 1. The van der Waals surface area contributed by atoms with Gasteiger partial charge in [-0.15, -0.1) is 0 Å². The fourth-order valence-electron chi connectivity index (χ4n) is 4.79. The van der Waals surface area contributed by atoms with E-state index in [4.69, 9.17) is 4.98 Å². The number of likely N-dealkylation sites (tertiary alicyclic amines) is 1. The van der Waals surface area contributed by atoms with Gasteiger partial charge in [-0.2, -0.15) is 5.10 Å². The summed E-state index contributed by atoms with van der Waals surface area (Å²) in [7, 11) is 0. The molecule has 1 amide bonds. The molecule has 1 unspecified atom stereocenters. The molecule has 180 valence electrons. The summed E-state index contributed by atoms with van der Waals surface area (Å²) in [6.45, 7) is 16.5. The number of amides is 1. The van der Waals surface area contributed by atoms with Crippen LogP contribution in [0.3, 0.4) is 0 Å². The summed E-state index contributed by atoms with van der Waals surface area (Å²) in [6.07, 6.45) is 5.73. The lowest BCUT2D eigenvalue weighted by Gasteiger charge is -2.34. The van der Waals surface area contributed by atoms with Crippen LogP contribution in [0.15, 0.2) is 42.7 Å². The van der Waals surface area contributed by atoms with Crippen LogP contribution in [0, 0.1) is 6.92 Å². The van der Waals surface area contributed by atoms with Crippen LogP contribution in [0.5, 0.6) is 0 Å². The summed E-state index contributed by atoms with van der Waals surface area (Å²) < 4.78 is 0. The third-order valence-corrected chi connectivity index (χ3v) is 6.86. The van der Waals surface area contributed by atoms with Gasteiger partial charge in [-0.1, -0.05) is 71.4 Å². The number of carbonyl (C=O) groups is 1. The minimum absolute atomic E-state index is 0.0647. The van der Waals surface area contributed by atoms with Gasteiger partial charge < -0.3 is 4.90 Å². The molecule has 5 heteroatoms. The van der Waals surface area contributed by atoms with Gasteiger partial charge in [0.1, 0.15) is 0 Å². The second-order valence-electron chi connectivity index (χ2n) is 11.8. The Morgan fingerprint density at radius 1 is 1.03 bits per heavy atom. The fourth-order valence-corrected chi connectivity index (χ4v) is 4.79. The van der Waals surface area contributed by atoms with Gasteiger partial charge in [-0.25, -0.2) is 0 Å². The predicted octanol–water partition coefficient (Wildman–Crippen LogP) is 6.39. The molecule has 1 saturated heterocycles. The number of hydrogen-bond donors (Lipinski definition) is 1. The first-order valence-corrected chi connectivity index (χ1v) is 12.4. The van der Waals surface area contributed by atoms with Crippen LogP contribution in [0.25, 0.3) is 11.1 Å². The normalized spacial score (nSPS) is 17.1. The van der Waals surface area contributed by atoms with Gasteiger partial charge >= 0.3 is 0 Å². The van der Waals surface area contributed by atoms with Crippen molar-refractivity contribution < 1.29 is 4.79 Å². The number of carbonyl (C=O) groups excluding carboxylic acids is 1. The summed E-state index contributed by atoms with van der Waals surface area (Å²) in [4.78, 5) is 20.5. The van der Waals surface area contributed by atoms with Crippen LogP contribution in [0.2, 0.25) is 0 Å². The standard InChI is InChI=1S/C29H38N4O/c1-19-10-12-20(13-11-19)22-17-31-32-26(22)21-9-8-14-33(18-21)27(34)23-16-30-25(29(5,6)7)15-24(23)28(2,3)4/h10-13,15-17,21H,8-9,14,18H2,1-7H3,(H,31,32). The van der Waals surface area contributed by atoms with E-state index in [1.165, 1.54) is 5.56 Å². The number of nitrogens with one attached hydrogen (secondary N) is 1. The van der Waals surface area contributed by atoms with Crippen molar-refractivity contribution in [2.45, 2.75) is 78.1 Å². The van der Waals surface area contributed by atoms with Gasteiger partial charge in [-0.05, 0) is 42.4 Å². The third kappa shape index (κ3) is 4.94. The molecule has 4 rings (SSSR count). The lowest BCUT2D eigenvalue weighted by molar-refractivity contribution is 0.0703. The Morgan fingerprint density at radius 3 is 2.38 bits per heavy atom. The van der Waals surface area contributed by atoms with Crippen molar-refractivity contribution in [3.05, 3.63) is 70.8 Å². The highest BCUT2D eigenvalue weighted by molar-refractivity contribution is 5.96. The molecule has 5 nitrogen and oxygen atoms in total. The summed E-state index contributed by atoms with van der Waals surface area (Å²) in [5, 5.41) is 7.61. The maximum Gasteiger partial charge on any atom is 0.255 e. The Kier molecular flexibility index (Phi) is 6.41. The minimum Gasteiger partial charge on any atom is -0.338 e. The molecule has 0 radical (unpaired) electrons. The molecule has 2 aromatic heterocycles. The second-order valence-corrected chi connectivity index (χ2v) is 11.8. The van der Waals surface area contributed by atoms with Crippen LogP contribution >= 0.6 is 0 Å². The summed E-state index contributed by atoms with van der Waals surface area (Å²) >= 11 is 0. The van der Waals surface area contributed by atoms with Crippen molar-refractivity contribution in [3.8, 4) is 11.1 Å². The zero-order valence-corrected chi connectivity index (χ0v) is 21.7. The molecule has 1 aromatic carbocycles. The van der Waals surface area contributed by atoms with Crippen LogP contribution in [-0.2, 0) is 10.8 Å². The molecule has 3 heterocycles. The third-order valence-electron chi connectivity index (χ3n) is 6.86. The van der Waals surface area contributed by atoms with Crippen LogP contribution < -0.4 is 0 Å². The molecule has 0 saturated carbocycles. The van der Waals surface area contributed by atoms with Crippen LogP contribution in [-0.4, -0.2) is 39.1 Å². The van der Waals surface area contributed by atoms with Gasteiger partial charge in [0.15, 0.2) is 0 Å². The van der Waals surface area contributed by atoms with Crippen molar-refractivity contribution >= 4 is 5.91 Å². The number of aromatic amines is 1. The van der Waals surface area contributed by atoms with E-state index in [0.717, 1.165) is 53.0 Å². The van der Waals surface area contributed by atoms with Crippen molar-refractivity contribution in [3.63, 3.8) is 0 Å². The molecule has 1 fully saturated rings. The lowest BCUT2D eigenvalue weighted by atomic mass is 9.81. The Labute approximate surface area is 204 Å². The maximum absolute atomic E-state index is 13.8. The topological polar surface area (TPSA) is 61.9 Å². The van der Waals surface area contributed by atoms with Crippen molar-refractivity contribution in [2.24, 2.45) is 0 Å². The number of aryl methyl sites for hydroxylation is 1. The van der Waals surface area contributed by atoms with Crippen molar-refractivity contribution in [1.82, 2.24) is 20.1 Å². The zero-order valence-electron chi connectivity index (χ0n) is 21.7. The first kappa shape index (κ1) is 24.2. The fraction of sp³-hybridized carbons (Fsp3) is 0.483. The molecule has 1 N–H and O–H groups in total. The second kappa shape index (κ2) is 9.01. The highest BCUT2D eigenvalue weighted by Gasteiger charge is 2.32. The van der Waals surface area contributed by atoms with Crippen LogP contribution in [0.1, 0.15) is 93.2 Å². The monoisotopic (exact) mass is 458 g/mol. The van der Waals surface area contributed by atoms with Gasteiger partial charge in [0.25, 0.3) is 5.91 Å². The zero-order chi connectivity index (χ0) is 24.7. The number of rotatable bonds is 3. The largest absolute Gasteiger partial charge is 0.338 e. The quantitative estimate of drug-likeness (QED) is 0.494. The first-order valence-electron chi connectivity index (χ1n) is 12.4. The number of H-pyrrole nitrogens is 1. The molecule has 1 atom stereocenters. The van der Waals surface area contributed by atoms with E-state index in [1.54, 1.807) is 6.20 Å². The highest BCUT2D eigenvalue weighted by Crippen LogP contribution is 2.35. The SMILES string of the molecule is Cc1ccc(-c2cn[nH]c2C2CCCN(C(=O)c3cnc(C(C)(C)C)cc3C(C)(C)C)C2)cc1. The summed E-state index contributed by atoms with van der Waals surface area (Å²) in [5.41, 5.74) is 7.26. The van der Waals surface area contributed by atoms with Gasteiger partial charge in [0.05, 0.1) is 11.8 Å². The predicted molar refractivity (Wildman–Crippen MR) is 138 cm³/mol. The average Bonchev–Trinajstić information content (AvgIpc) is 3.27. The minimum atomic E-state index is -0.148. The van der Waals surface area contributed by atoms with E-state index < -0.39 is 0 Å². The Bertz CT molecular complexity index is 1160. The van der Waals surface area contributed by atoms with Crippen molar-refractivity contribution in [2.75, 3.05) is 13.1 Å². The molecule has 34 heavy (non-hydrogen) atoms. The van der Waals surface area contributed by atoms with E-state index in [-0.39, 0.29) is 22.7 Å². The average molecular weight is 459 g/mol. The van der Waals surface area contributed by atoms with E-state index in [9.17, 15) is 4.79 Å². The molecule has 3 aromatic rings. The van der Waals surface area contributed by atoms with E-state index in [0.29, 0.717) is 6.54 Å². The molecular weight excluding hydrogens is 420 g/mol. The first-order chi connectivity index (χ1) is 15.9. The number of pyridine rings is 1. The summed E-state index contributed by atoms with van der Waals surface area (Å²) in [5.74, 6) is 0.315.